The van der Waals surface area contributed by atoms with E-state index < -0.39 is 5.41 Å². The number of fused-ring (bicyclic) bond motifs is 9. The van der Waals surface area contributed by atoms with Gasteiger partial charge in [-0.25, -0.2) is 9.97 Å². The number of nitrogens with zero attached hydrogens (tertiary/aromatic N) is 3. The van der Waals surface area contributed by atoms with E-state index in [0.717, 1.165) is 73.0 Å². The number of aromatic nitrogens is 2. The van der Waals surface area contributed by atoms with Crippen LogP contribution in [0.5, 0.6) is 11.5 Å². The molecule has 0 bridgehead atoms. The van der Waals surface area contributed by atoms with E-state index in [9.17, 15) is 5.26 Å². The highest BCUT2D eigenvalue weighted by Crippen LogP contribution is 2.62. The van der Waals surface area contributed by atoms with E-state index in [-0.39, 0.29) is 0 Å². The first kappa shape index (κ1) is 33.5. The van der Waals surface area contributed by atoms with Crippen LogP contribution in [0.4, 0.5) is 0 Å². The van der Waals surface area contributed by atoms with Crippen molar-refractivity contribution < 1.29 is 4.74 Å². The first-order valence-corrected chi connectivity index (χ1v) is 19.4. The van der Waals surface area contributed by atoms with Gasteiger partial charge in [-0.05, 0) is 93.0 Å². The molecule has 0 unspecified atom stereocenters. The predicted molar refractivity (Wildman–Crippen MR) is 231 cm³/mol. The average Bonchev–Trinajstić information content (AvgIpc) is 3.58. The van der Waals surface area contributed by atoms with Crippen LogP contribution in [0, 0.1) is 11.3 Å². The molecule has 8 aromatic carbocycles. The fraction of sp³-hybridized carbons (Fsp3) is 0.0185. The molecule has 0 N–H and O–H groups in total. The number of ether oxygens (including phenoxy) is 1. The Balaban J connectivity index is 1.10. The quantitative estimate of drug-likeness (QED) is 0.176. The summed E-state index contributed by atoms with van der Waals surface area (Å²) in [6.07, 6.45) is 0. The van der Waals surface area contributed by atoms with Crippen LogP contribution in [0.3, 0.4) is 0 Å². The average molecular weight is 740 g/mol. The van der Waals surface area contributed by atoms with E-state index in [4.69, 9.17) is 14.7 Å². The molecule has 11 rings (SSSR count). The molecular formula is C54H33N3O. The Labute approximate surface area is 337 Å². The molecular weight excluding hydrogens is 707 g/mol. The number of hydrogen-bond donors (Lipinski definition) is 0. The molecule has 1 aromatic heterocycles. The lowest BCUT2D eigenvalue weighted by atomic mass is 9.65. The van der Waals surface area contributed by atoms with E-state index in [1.54, 1.807) is 0 Å². The molecule has 2 heterocycles. The van der Waals surface area contributed by atoms with Crippen molar-refractivity contribution in [1.82, 2.24) is 9.97 Å². The van der Waals surface area contributed by atoms with Gasteiger partial charge in [0.15, 0.2) is 5.82 Å². The molecule has 1 aliphatic carbocycles. The summed E-state index contributed by atoms with van der Waals surface area (Å²) in [5.41, 5.74) is 16.2. The second-order valence-electron chi connectivity index (χ2n) is 14.8. The Bertz CT molecular complexity index is 2990. The molecule has 270 valence electrons. The summed E-state index contributed by atoms with van der Waals surface area (Å²) in [6, 6.07) is 72.0. The van der Waals surface area contributed by atoms with E-state index in [2.05, 4.69) is 133 Å². The minimum Gasteiger partial charge on any atom is -0.457 e. The fourth-order valence-electron chi connectivity index (χ4n) is 8.92. The molecule has 2 aliphatic rings. The number of nitriles is 1. The fourth-order valence-corrected chi connectivity index (χ4v) is 8.92. The van der Waals surface area contributed by atoms with Crippen molar-refractivity contribution in [2.75, 3.05) is 0 Å². The summed E-state index contributed by atoms with van der Waals surface area (Å²) in [4.78, 5) is 10.2. The lowest BCUT2D eigenvalue weighted by Gasteiger charge is -2.39. The molecule has 4 nitrogen and oxygen atoms in total. The van der Waals surface area contributed by atoms with Gasteiger partial charge in [0, 0.05) is 27.8 Å². The van der Waals surface area contributed by atoms with E-state index in [1.807, 2.05) is 72.8 Å². The number of hydrogen-bond acceptors (Lipinski definition) is 4. The Kier molecular flexibility index (Phi) is 7.74. The summed E-state index contributed by atoms with van der Waals surface area (Å²) in [5, 5.41) is 9.50. The third-order valence-corrected chi connectivity index (χ3v) is 11.6. The zero-order valence-electron chi connectivity index (χ0n) is 31.3. The highest BCUT2D eigenvalue weighted by Gasteiger charge is 2.51. The van der Waals surface area contributed by atoms with Crippen LogP contribution in [0.1, 0.15) is 27.8 Å². The maximum atomic E-state index is 9.50. The van der Waals surface area contributed by atoms with Gasteiger partial charge < -0.3 is 4.74 Å². The number of rotatable bonds is 5. The minimum absolute atomic E-state index is 0.644. The van der Waals surface area contributed by atoms with Crippen molar-refractivity contribution >= 4 is 0 Å². The Morgan fingerprint density at radius 1 is 0.379 bits per heavy atom. The van der Waals surface area contributed by atoms with Gasteiger partial charge in [0.05, 0.1) is 28.4 Å². The number of benzene rings is 8. The highest BCUT2D eigenvalue weighted by molar-refractivity contribution is 5.92. The topological polar surface area (TPSA) is 58.8 Å². The molecule has 58 heavy (non-hydrogen) atoms. The molecule has 0 radical (unpaired) electrons. The van der Waals surface area contributed by atoms with E-state index in [1.165, 1.54) is 22.3 Å². The molecule has 0 amide bonds. The summed E-state index contributed by atoms with van der Waals surface area (Å²) in [6.45, 7) is 0. The summed E-state index contributed by atoms with van der Waals surface area (Å²) in [7, 11) is 0. The maximum absolute atomic E-state index is 9.50. The molecule has 1 spiro atoms. The van der Waals surface area contributed by atoms with Crippen LogP contribution < -0.4 is 4.74 Å². The van der Waals surface area contributed by atoms with Gasteiger partial charge in [-0.1, -0.05) is 152 Å². The maximum Gasteiger partial charge on any atom is 0.160 e. The van der Waals surface area contributed by atoms with E-state index in [0.29, 0.717) is 11.4 Å². The van der Waals surface area contributed by atoms with Gasteiger partial charge >= 0.3 is 0 Å². The SMILES string of the molecule is N#Cc1ccc(-c2ccc3c(c2)C2(c4ccccc4Oc4ccccc42)c2cc(-c4cccc(-c5cc(-c6ccccc6)nc(-c6ccccc6)n5)c4)ccc2-3)cc1. The Morgan fingerprint density at radius 2 is 0.862 bits per heavy atom. The molecule has 0 saturated carbocycles. The standard InChI is InChI=1S/C54H33N3O/c55-34-35-22-24-36(25-23-35)40-26-28-43-44-29-27-41(32-48(44)54(47(43)31-40)45-18-7-9-20-51(45)58-52-21-10-8-19-46(52)54)39-16-11-17-42(30-39)50-33-49(37-12-3-1-4-13-37)56-53(57-50)38-14-5-2-6-15-38/h1-33H. The van der Waals surface area contributed by atoms with Crippen LogP contribution in [-0.4, -0.2) is 9.97 Å². The third kappa shape index (κ3) is 5.29. The zero-order valence-corrected chi connectivity index (χ0v) is 31.3. The van der Waals surface area contributed by atoms with Crippen molar-refractivity contribution in [2.24, 2.45) is 0 Å². The monoisotopic (exact) mass is 739 g/mol. The smallest absolute Gasteiger partial charge is 0.160 e. The summed E-state index contributed by atoms with van der Waals surface area (Å²) < 4.78 is 6.65. The van der Waals surface area contributed by atoms with Crippen molar-refractivity contribution in [3.8, 4) is 84.9 Å². The van der Waals surface area contributed by atoms with Gasteiger partial charge in [0.2, 0.25) is 0 Å². The largest absolute Gasteiger partial charge is 0.457 e. The van der Waals surface area contributed by atoms with Crippen molar-refractivity contribution in [2.45, 2.75) is 5.41 Å². The van der Waals surface area contributed by atoms with Crippen LogP contribution in [-0.2, 0) is 5.41 Å². The molecule has 1 aliphatic heterocycles. The first-order chi connectivity index (χ1) is 28.7. The second kappa shape index (κ2) is 13.4. The van der Waals surface area contributed by atoms with Gasteiger partial charge in [-0.3, -0.25) is 0 Å². The van der Waals surface area contributed by atoms with Crippen LogP contribution in [0.15, 0.2) is 200 Å². The Hall–Kier alpha value is -7.87. The predicted octanol–water partition coefficient (Wildman–Crippen LogP) is 13.2. The van der Waals surface area contributed by atoms with Gasteiger partial charge in [0.1, 0.15) is 11.5 Å². The van der Waals surface area contributed by atoms with Crippen molar-refractivity contribution in [3.05, 3.63) is 228 Å². The van der Waals surface area contributed by atoms with Crippen molar-refractivity contribution in [3.63, 3.8) is 0 Å². The molecule has 4 heteroatoms. The third-order valence-electron chi connectivity index (χ3n) is 11.6. The number of para-hydroxylation sites is 2. The van der Waals surface area contributed by atoms with Crippen molar-refractivity contribution in [1.29, 1.82) is 5.26 Å². The van der Waals surface area contributed by atoms with Crippen LogP contribution in [0.2, 0.25) is 0 Å². The molecule has 0 atom stereocenters. The second-order valence-corrected chi connectivity index (χ2v) is 14.8. The zero-order chi connectivity index (χ0) is 38.6. The van der Waals surface area contributed by atoms with Gasteiger partial charge in [-0.2, -0.15) is 5.26 Å². The van der Waals surface area contributed by atoms with Gasteiger partial charge in [0.25, 0.3) is 0 Å². The molecule has 0 saturated heterocycles. The first-order valence-electron chi connectivity index (χ1n) is 19.4. The van der Waals surface area contributed by atoms with Crippen LogP contribution >= 0.6 is 0 Å². The Morgan fingerprint density at radius 3 is 1.48 bits per heavy atom. The summed E-state index contributed by atoms with van der Waals surface area (Å²) in [5.74, 6) is 2.39. The summed E-state index contributed by atoms with van der Waals surface area (Å²) >= 11 is 0. The van der Waals surface area contributed by atoms with Crippen LogP contribution in [0.25, 0.3) is 67.3 Å². The minimum atomic E-state index is -0.645. The lowest BCUT2D eigenvalue weighted by molar-refractivity contribution is 0.436. The normalized spacial score (nSPS) is 12.7. The molecule has 0 fully saturated rings. The van der Waals surface area contributed by atoms with E-state index >= 15 is 0 Å². The molecule has 9 aromatic rings. The lowest BCUT2D eigenvalue weighted by Crippen LogP contribution is -2.32. The van der Waals surface area contributed by atoms with Gasteiger partial charge in [-0.15, -0.1) is 0 Å². The highest BCUT2D eigenvalue weighted by atomic mass is 16.5.